The highest BCUT2D eigenvalue weighted by atomic mass is 32.2. The molecule has 0 aromatic heterocycles. The van der Waals surface area contributed by atoms with Crippen molar-refractivity contribution < 1.29 is 4.79 Å². The zero-order valence-electron chi connectivity index (χ0n) is 22.3. The normalized spacial score (nSPS) is 17.4. The molecule has 36 heavy (non-hydrogen) atoms. The van der Waals surface area contributed by atoms with Crippen molar-refractivity contribution in [3.05, 3.63) is 95.6 Å². The Morgan fingerprint density at radius 1 is 0.889 bits per heavy atom. The molecule has 0 unspecified atom stereocenters. The average molecular weight is 502 g/mol. The topological polar surface area (TPSA) is 26.8 Å². The molecule has 0 radical (unpaired) electrons. The van der Waals surface area contributed by atoms with Crippen molar-refractivity contribution in [1.29, 1.82) is 0 Å². The number of hydrogen-bond donors (Lipinski definition) is 0. The third kappa shape index (κ3) is 5.10. The Bertz CT molecular complexity index is 1160. The van der Waals surface area contributed by atoms with Crippen LogP contribution in [-0.2, 0) is 16.8 Å². The number of para-hydroxylation sites is 1. The molecule has 1 amide bonds. The summed E-state index contributed by atoms with van der Waals surface area (Å²) in [5, 5.41) is 4.53. The van der Waals surface area contributed by atoms with Gasteiger partial charge in [0.15, 0.2) is 0 Å². The number of hydrazine groups is 1. The second-order valence-electron chi connectivity index (χ2n) is 9.77. The van der Waals surface area contributed by atoms with Crippen LogP contribution in [0.15, 0.2) is 83.8 Å². The number of anilines is 1. The first kappa shape index (κ1) is 26.5. The van der Waals surface area contributed by atoms with Gasteiger partial charge in [-0.2, -0.15) is 0 Å². The van der Waals surface area contributed by atoms with Gasteiger partial charge in [0.2, 0.25) is 0 Å². The molecule has 0 saturated heterocycles. The van der Waals surface area contributed by atoms with E-state index >= 15 is 0 Å². The number of carbonyl (C=O) groups is 1. The van der Waals surface area contributed by atoms with Crippen LogP contribution in [0.2, 0.25) is 0 Å². The van der Waals surface area contributed by atoms with E-state index in [1.165, 1.54) is 10.5 Å². The Morgan fingerprint density at radius 3 is 2.22 bits per heavy atom. The third-order valence-corrected chi connectivity index (χ3v) is 8.31. The minimum atomic E-state index is -0.707. The van der Waals surface area contributed by atoms with Crippen LogP contribution in [0.5, 0.6) is 0 Å². The number of carbonyl (C=O) groups excluding carboxylic acids is 1. The van der Waals surface area contributed by atoms with E-state index in [9.17, 15) is 4.79 Å². The van der Waals surface area contributed by atoms with Crippen molar-refractivity contribution >= 4 is 23.4 Å². The van der Waals surface area contributed by atoms with Crippen molar-refractivity contribution in [2.75, 3.05) is 31.7 Å². The molecule has 190 valence electrons. The van der Waals surface area contributed by atoms with Crippen molar-refractivity contribution in [2.45, 2.75) is 56.2 Å². The van der Waals surface area contributed by atoms with Gasteiger partial charge in [-0.05, 0) is 54.9 Å². The number of hydrogen-bond acceptors (Lipinski definition) is 4. The van der Waals surface area contributed by atoms with Crippen LogP contribution < -0.4 is 5.01 Å². The Hall–Kier alpha value is -2.60. The molecule has 4 rings (SSSR count). The summed E-state index contributed by atoms with van der Waals surface area (Å²) in [6.45, 7) is 12.3. The fourth-order valence-electron chi connectivity index (χ4n) is 5.34. The summed E-state index contributed by atoms with van der Waals surface area (Å²) in [5.74, 6) is 0.138. The third-order valence-electron chi connectivity index (χ3n) is 7.19. The van der Waals surface area contributed by atoms with Gasteiger partial charge in [0, 0.05) is 23.7 Å². The summed E-state index contributed by atoms with van der Waals surface area (Å²) in [7, 11) is 2.04. The zero-order valence-corrected chi connectivity index (χ0v) is 23.1. The first-order valence-electron chi connectivity index (χ1n) is 13.1. The highest BCUT2D eigenvalue weighted by molar-refractivity contribution is 8.00. The highest BCUT2D eigenvalue weighted by Gasteiger charge is 2.53. The number of fused-ring (bicyclic) bond motifs is 1. The predicted molar refractivity (Wildman–Crippen MR) is 152 cm³/mol. The number of benzene rings is 3. The van der Waals surface area contributed by atoms with Crippen molar-refractivity contribution in [1.82, 2.24) is 9.91 Å². The van der Waals surface area contributed by atoms with E-state index in [0.717, 1.165) is 42.9 Å². The fourth-order valence-corrected chi connectivity index (χ4v) is 6.29. The SMILES string of the molecule is CCN(CC)CC[C@]1(c2ccccc2)C(=O)N(N(C)Cc2ccccc2SC(C)C)c2ccccc21. The van der Waals surface area contributed by atoms with Gasteiger partial charge in [-0.25, -0.2) is 10.0 Å². The van der Waals surface area contributed by atoms with Crippen LogP contribution in [0, 0.1) is 0 Å². The van der Waals surface area contributed by atoms with E-state index in [4.69, 9.17) is 0 Å². The van der Waals surface area contributed by atoms with Gasteiger partial charge in [0.25, 0.3) is 5.91 Å². The second-order valence-corrected chi connectivity index (χ2v) is 11.4. The molecule has 4 nitrogen and oxygen atoms in total. The second kappa shape index (κ2) is 11.6. The summed E-state index contributed by atoms with van der Waals surface area (Å²) in [5.41, 5.74) is 3.69. The molecule has 0 spiro atoms. The number of nitrogens with zero attached hydrogens (tertiary/aromatic N) is 3. The summed E-state index contributed by atoms with van der Waals surface area (Å²) in [6, 6.07) is 27.3. The van der Waals surface area contributed by atoms with E-state index in [-0.39, 0.29) is 5.91 Å². The fraction of sp³-hybridized carbons (Fsp3) is 0.387. The maximum absolute atomic E-state index is 14.6. The predicted octanol–water partition coefficient (Wildman–Crippen LogP) is 6.60. The van der Waals surface area contributed by atoms with E-state index in [1.54, 1.807) is 0 Å². The molecule has 0 aliphatic carbocycles. The Kier molecular flexibility index (Phi) is 8.55. The molecule has 3 aromatic carbocycles. The molecule has 0 bridgehead atoms. The minimum absolute atomic E-state index is 0.138. The zero-order chi connectivity index (χ0) is 25.7. The Morgan fingerprint density at radius 2 is 1.53 bits per heavy atom. The van der Waals surface area contributed by atoms with Crippen molar-refractivity contribution in [3.8, 4) is 0 Å². The van der Waals surface area contributed by atoms with Gasteiger partial charge in [-0.1, -0.05) is 94.4 Å². The van der Waals surface area contributed by atoms with Crippen LogP contribution in [0.25, 0.3) is 0 Å². The molecular formula is C31H39N3OS. The smallest absolute Gasteiger partial charge is 0.256 e. The number of thioether (sulfide) groups is 1. The molecule has 3 aromatic rings. The van der Waals surface area contributed by atoms with Crippen LogP contribution in [0.1, 0.15) is 50.8 Å². The Balaban J connectivity index is 1.76. The first-order valence-corrected chi connectivity index (χ1v) is 14.0. The molecular weight excluding hydrogens is 462 g/mol. The standard InChI is InChI=1S/C31H39N3OS/c1-6-33(7-2)22-21-31(26-16-9-8-10-17-26)27-18-12-13-19-28(27)34(30(31)35)32(5)23-25-15-11-14-20-29(25)36-24(3)4/h8-20,24H,6-7,21-23H2,1-5H3/t31-/m1/s1. The summed E-state index contributed by atoms with van der Waals surface area (Å²) >= 11 is 1.87. The largest absolute Gasteiger partial charge is 0.304 e. The average Bonchev–Trinajstić information content (AvgIpc) is 3.14. The van der Waals surface area contributed by atoms with E-state index in [2.05, 4.69) is 104 Å². The van der Waals surface area contributed by atoms with Crippen molar-refractivity contribution in [3.63, 3.8) is 0 Å². The first-order chi connectivity index (χ1) is 17.4. The lowest BCUT2D eigenvalue weighted by molar-refractivity contribution is -0.125. The molecule has 1 aliphatic heterocycles. The van der Waals surface area contributed by atoms with Gasteiger partial charge in [0.05, 0.1) is 5.69 Å². The molecule has 5 heteroatoms. The molecule has 0 saturated carbocycles. The van der Waals surface area contributed by atoms with Gasteiger partial charge in [0.1, 0.15) is 5.41 Å². The van der Waals surface area contributed by atoms with Gasteiger partial charge < -0.3 is 4.90 Å². The van der Waals surface area contributed by atoms with Crippen LogP contribution >= 0.6 is 11.8 Å². The summed E-state index contributed by atoms with van der Waals surface area (Å²) < 4.78 is 0. The summed E-state index contributed by atoms with van der Waals surface area (Å²) in [4.78, 5) is 18.3. The lowest BCUT2D eigenvalue weighted by Crippen LogP contribution is -2.49. The number of amides is 1. The molecule has 1 aliphatic rings. The van der Waals surface area contributed by atoms with Crippen LogP contribution in [0.3, 0.4) is 0 Å². The van der Waals surface area contributed by atoms with E-state index in [1.807, 2.05) is 36.0 Å². The molecule has 1 atom stereocenters. The minimum Gasteiger partial charge on any atom is -0.304 e. The maximum atomic E-state index is 14.6. The van der Waals surface area contributed by atoms with E-state index in [0.29, 0.717) is 11.8 Å². The van der Waals surface area contributed by atoms with E-state index < -0.39 is 5.41 Å². The molecule has 0 N–H and O–H groups in total. The molecule has 0 fully saturated rings. The van der Waals surface area contributed by atoms with Gasteiger partial charge in [-0.3, -0.25) is 4.79 Å². The Labute approximate surface area is 221 Å². The quantitative estimate of drug-likeness (QED) is 0.277. The van der Waals surface area contributed by atoms with Gasteiger partial charge >= 0.3 is 0 Å². The van der Waals surface area contributed by atoms with Crippen LogP contribution in [-0.4, -0.2) is 47.7 Å². The van der Waals surface area contributed by atoms with Crippen LogP contribution in [0.4, 0.5) is 5.69 Å². The lowest BCUT2D eigenvalue weighted by Gasteiger charge is -2.34. The van der Waals surface area contributed by atoms with Gasteiger partial charge in [-0.15, -0.1) is 11.8 Å². The van der Waals surface area contributed by atoms with Crippen molar-refractivity contribution in [2.24, 2.45) is 0 Å². The highest BCUT2D eigenvalue weighted by Crippen LogP contribution is 2.49. The monoisotopic (exact) mass is 501 g/mol. The maximum Gasteiger partial charge on any atom is 0.256 e. The lowest BCUT2D eigenvalue weighted by atomic mass is 9.72. The summed E-state index contributed by atoms with van der Waals surface area (Å²) in [6.07, 6.45) is 0.749. The number of rotatable bonds is 11. The molecule has 1 heterocycles.